The highest BCUT2D eigenvalue weighted by molar-refractivity contribution is 5.99. The van der Waals surface area contributed by atoms with Gasteiger partial charge >= 0.3 is 6.03 Å². The van der Waals surface area contributed by atoms with Crippen LogP contribution < -0.4 is 30.3 Å². The van der Waals surface area contributed by atoms with Crippen molar-refractivity contribution in [2.45, 2.75) is 62.6 Å². The Bertz CT molecular complexity index is 2180. The van der Waals surface area contributed by atoms with Gasteiger partial charge < -0.3 is 39.9 Å². The average molecular weight is 816 g/mol. The van der Waals surface area contributed by atoms with E-state index in [1.165, 1.54) is 11.3 Å². The van der Waals surface area contributed by atoms with Crippen LogP contribution in [0.25, 0.3) is 11.3 Å². The van der Waals surface area contributed by atoms with Crippen molar-refractivity contribution in [3.05, 3.63) is 84.4 Å². The maximum absolute atomic E-state index is 13.5. The monoisotopic (exact) mass is 815 g/mol. The molecule has 5 fully saturated rings. The van der Waals surface area contributed by atoms with Crippen molar-refractivity contribution in [1.82, 2.24) is 30.2 Å². The number of aromatic nitrogens is 2. The number of piperazine rings is 2. The molecule has 5 aliphatic rings. The van der Waals surface area contributed by atoms with Crippen molar-refractivity contribution in [2.24, 2.45) is 0 Å². The Balaban J connectivity index is 0.708. The van der Waals surface area contributed by atoms with Crippen LogP contribution in [0.3, 0.4) is 0 Å². The molecule has 9 rings (SSSR count). The quantitative estimate of drug-likeness (QED) is 0.193. The van der Waals surface area contributed by atoms with Crippen molar-refractivity contribution >= 4 is 35.0 Å². The fourth-order valence-electron chi connectivity index (χ4n) is 9.55. The van der Waals surface area contributed by atoms with Crippen LogP contribution in [0.5, 0.6) is 17.2 Å². The smallest absolute Gasteiger partial charge is 0.320 e. The van der Waals surface area contributed by atoms with Crippen molar-refractivity contribution in [2.75, 3.05) is 81.0 Å². The molecule has 0 aliphatic carbocycles. The van der Waals surface area contributed by atoms with Crippen molar-refractivity contribution < 1.29 is 29.0 Å². The highest BCUT2D eigenvalue weighted by atomic mass is 16.5. The predicted octanol–water partition coefficient (Wildman–Crippen LogP) is 4.47. The first-order chi connectivity index (χ1) is 29.3. The molecule has 60 heavy (non-hydrogen) atoms. The summed E-state index contributed by atoms with van der Waals surface area (Å²) < 4.78 is 12.2. The number of imide groups is 1. The summed E-state index contributed by atoms with van der Waals surface area (Å²) in [5.74, 6) is 1.75. The highest BCUT2D eigenvalue weighted by Gasteiger charge is 2.41. The molecule has 314 valence electrons. The van der Waals surface area contributed by atoms with Crippen molar-refractivity contribution in [1.29, 1.82) is 0 Å². The molecular formula is C45H53N9O6. The van der Waals surface area contributed by atoms with E-state index in [1.54, 1.807) is 12.1 Å². The molecule has 3 unspecified atom stereocenters. The molecule has 0 spiro atoms. The number of hydrogen-bond donors (Lipinski definition) is 3. The molecular weight excluding hydrogens is 763 g/mol. The zero-order valence-corrected chi connectivity index (χ0v) is 33.8. The zero-order valence-electron chi connectivity index (χ0n) is 33.8. The molecule has 1 aromatic heterocycles. The van der Waals surface area contributed by atoms with Gasteiger partial charge in [0.05, 0.1) is 11.4 Å². The maximum atomic E-state index is 13.5. The van der Waals surface area contributed by atoms with Crippen LogP contribution >= 0.6 is 0 Å². The summed E-state index contributed by atoms with van der Waals surface area (Å²) in [7, 11) is 0. The van der Waals surface area contributed by atoms with Gasteiger partial charge in [-0.15, -0.1) is 10.2 Å². The standard InChI is InChI=1S/C45H53N9O6/c46-43-39(27-38(48-49-43)37-6-1-2-7-40(37)55)53-28-33-10-11-34(29-53)54(33)32-4-3-5-36(26-32)59-25-24-50-20-22-52(23-21-50)45(58)51-18-16-31(17-19-51)30-8-12-35(13-9-30)60-41-14-15-42(56)47-44(41)57/h1-9,12-13,26-27,31,33-34,41,55H,10-11,14-25,28-29H2,(H2,46,49)(H,47,56,57). The van der Waals surface area contributed by atoms with Gasteiger partial charge in [-0.3, -0.25) is 19.8 Å². The molecule has 6 heterocycles. The van der Waals surface area contributed by atoms with Gasteiger partial charge in [0.2, 0.25) is 5.91 Å². The number of para-hydroxylation sites is 1. The molecule has 4 N–H and O–H groups in total. The minimum atomic E-state index is -0.649. The lowest BCUT2D eigenvalue weighted by atomic mass is 9.89. The number of urea groups is 1. The topological polar surface area (TPSA) is 170 Å². The minimum absolute atomic E-state index is 0.127. The van der Waals surface area contributed by atoms with Crippen LogP contribution in [-0.2, 0) is 9.59 Å². The van der Waals surface area contributed by atoms with Crippen LogP contribution in [-0.4, -0.2) is 132 Å². The number of likely N-dealkylation sites (tertiary alicyclic amines) is 1. The van der Waals surface area contributed by atoms with Gasteiger partial charge in [0.15, 0.2) is 11.9 Å². The van der Waals surface area contributed by atoms with Crippen molar-refractivity contribution in [3.8, 4) is 28.5 Å². The molecule has 0 radical (unpaired) electrons. The number of rotatable bonds is 10. The molecule has 3 aromatic carbocycles. The molecule has 3 atom stereocenters. The van der Waals surface area contributed by atoms with Crippen LogP contribution in [0.1, 0.15) is 50.0 Å². The van der Waals surface area contributed by atoms with E-state index in [9.17, 15) is 19.5 Å². The number of nitrogens with two attached hydrogens (primary N) is 1. The van der Waals surface area contributed by atoms with Gasteiger partial charge in [0.1, 0.15) is 23.9 Å². The third-order valence-electron chi connectivity index (χ3n) is 12.8. The number of carbonyl (C=O) groups is 3. The number of aromatic hydroxyl groups is 1. The second kappa shape index (κ2) is 17.3. The number of nitrogens with one attached hydrogen (secondary N) is 1. The second-order valence-electron chi connectivity index (χ2n) is 16.6. The number of fused-ring (bicyclic) bond motifs is 2. The first-order valence-corrected chi connectivity index (χ1v) is 21.3. The summed E-state index contributed by atoms with van der Waals surface area (Å²) >= 11 is 0. The Morgan fingerprint density at radius 2 is 1.53 bits per heavy atom. The van der Waals surface area contributed by atoms with Gasteiger partial charge in [-0.05, 0) is 79.6 Å². The number of nitrogen functional groups attached to an aromatic ring is 1. The predicted molar refractivity (Wildman–Crippen MR) is 227 cm³/mol. The Kier molecular flexibility index (Phi) is 11.3. The molecule has 15 heteroatoms. The van der Waals surface area contributed by atoms with E-state index in [0.717, 1.165) is 82.9 Å². The van der Waals surface area contributed by atoms with E-state index < -0.39 is 6.10 Å². The summed E-state index contributed by atoms with van der Waals surface area (Å²) in [5, 5.41) is 21.3. The first kappa shape index (κ1) is 39.4. The Morgan fingerprint density at radius 1 is 0.800 bits per heavy atom. The number of anilines is 3. The summed E-state index contributed by atoms with van der Waals surface area (Å²) in [5.41, 5.74) is 10.8. The van der Waals surface area contributed by atoms with E-state index in [0.29, 0.717) is 66.9 Å². The van der Waals surface area contributed by atoms with Crippen LogP contribution in [0.4, 0.5) is 22.0 Å². The number of amides is 4. The van der Waals surface area contributed by atoms with Gasteiger partial charge in [0.25, 0.3) is 5.91 Å². The van der Waals surface area contributed by atoms with Crippen LogP contribution in [0, 0.1) is 0 Å². The molecule has 4 amide bonds. The third-order valence-corrected chi connectivity index (χ3v) is 12.8. The van der Waals surface area contributed by atoms with E-state index in [1.807, 2.05) is 58.3 Å². The minimum Gasteiger partial charge on any atom is -0.507 e. The Hall–Kier alpha value is -6.09. The first-order valence-electron chi connectivity index (χ1n) is 21.3. The van der Waals surface area contributed by atoms with Crippen LogP contribution in [0.15, 0.2) is 78.9 Å². The summed E-state index contributed by atoms with van der Waals surface area (Å²) in [6, 6.07) is 26.2. The van der Waals surface area contributed by atoms with Gasteiger partial charge in [-0.2, -0.15) is 0 Å². The molecule has 2 bridgehead atoms. The fourth-order valence-corrected chi connectivity index (χ4v) is 9.55. The number of ether oxygens (including phenoxy) is 2. The Morgan fingerprint density at radius 3 is 2.27 bits per heavy atom. The lowest BCUT2D eigenvalue weighted by Crippen LogP contribution is -2.54. The summed E-state index contributed by atoms with van der Waals surface area (Å²) in [4.78, 5) is 48.2. The molecule has 0 saturated carbocycles. The van der Waals surface area contributed by atoms with Gasteiger partial charge in [0, 0.05) is 101 Å². The van der Waals surface area contributed by atoms with Gasteiger partial charge in [-0.25, -0.2) is 4.79 Å². The molecule has 4 aromatic rings. The van der Waals surface area contributed by atoms with E-state index in [-0.39, 0.29) is 30.0 Å². The highest BCUT2D eigenvalue weighted by Crippen LogP contribution is 2.40. The summed E-state index contributed by atoms with van der Waals surface area (Å²) in [6.45, 7) is 7.48. The number of nitrogens with zero attached hydrogens (tertiary/aromatic N) is 7. The average Bonchev–Trinajstić information content (AvgIpc) is 3.54. The number of hydrogen-bond acceptors (Lipinski definition) is 12. The SMILES string of the molecule is Nc1nnc(-c2ccccc2O)cc1N1CC2CCC(C1)N2c1cccc(OCCN2CCN(C(=O)N3CCC(c4ccc(OC5CCC(=O)NC5=O)cc4)CC3)CC2)c1. The number of phenolic OH excluding ortho intramolecular Hbond substituents is 1. The van der Waals surface area contributed by atoms with Gasteiger partial charge in [-0.1, -0.05) is 30.3 Å². The largest absolute Gasteiger partial charge is 0.507 e. The van der Waals surface area contributed by atoms with E-state index in [4.69, 9.17) is 15.2 Å². The molecule has 5 saturated heterocycles. The normalized spacial score (nSPS) is 22.5. The zero-order chi connectivity index (χ0) is 41.2. The number of benzene rings is 3. The Labute approximate surface area is 350 Å². The van der Waals surface area contributed by atoms with E-state index in [2.05, 4.69) is 48.4 Å². The lowest BCUT2D eigenvalue weighted by Gasteiger charge is -2.43. The summed E-state index contributed by atoms with van der Waals surface area (Å²) in [6.07, 6.45) is 3.99. The van der Waals surface area contributed by atoms with Crippen LogP contribution in [0.2, 0.25) is 0 Å². The lowest BCUT2D eigenvalue weighted by molar-refractivity contribution is -0.138. The van der Waals surface area contributed by atoms with E-state index >= 15 is 0 Å². The third kappa shape index (κ3) is 8.49. The molecule has 15 nitrogen and oxygen atoms in total. The fraction of sp³-hybridized carbons (Fsp3) is 0.444. The number of piperidine rings is 2. The second-order valence-corrected chi connectivity index (χ2v) is 16.6. The van der Waals surface area contributed by atoms with Crippen molar-refractivity contribution in [3.63, 3.8) is 0 Å². The maximum Gasteiger partial charge on any atom is 0.320 e. The molecule has 5 aliphatic heterocycles. The number of phenols is 1. The number of carbonyl (C=O) groups excluding carboxylic acids is 3.